The van der Waals surface area contributed by atoms with Crippen molar-refractivity contribution in [1.82, 2.24) is 14.8 Å². The second kappa shape index (κ2) is 6.02. The Hall–Kier alpha value is -2.25. The van der Waals surface area contributed by atoms with Gasteiger partial charge in [0.15, 0.2) is 5.82 Å². The number of alkyl halides is 3. The summed E-state index contributed by atoms with van der Waals surface area (Å²) in [6.45, 7) is 2.51. The number of aromatic nitrogens is 3. The van der Waals surface area contributed by atoms with Crippen molar-refractivity contribution in [1.29, 1.82) is 0 Å². The van der Waals surface area contributed by atoms with Crippen LogP contribution in [0.4, 0.5) is 18.9 Å². The number of nitrogens with zero attached hydrogens (tertiary/aromatic N) is 3. The Morgan fingerprint density at radius 1 is 1.33 bits per heavy atom. The van der Waals surface area contributed by atoms with Crippen molar-refractivity contribution in [3.05, 3.63) is 35.9 Å². The van der Waals surface area contributed by atoms with Crippen LogP contribution in [0.3, 0.4) is 0 Å². The van der Waals surface area contributed by atoms with Crippen LogP contribution in [-0.2, 0) is 19.3 Å². The summed E-state index contributed by atoms with van der Waals surface area (Å²) in [7, 11) is 0. The number of ether oxygens (including phenoxy) is 1. The zero-order chi connectivity index (χ0) is 15.5. The highest BCUT2D eigenvalue weighted by Gasteiger charge is 2.34. The molecule has 0 amide bonds. The molecule has 2 N–H and O–H groups in total. The standard InChI is InChI=1S/C13H15F3N4O/c1-2-5-20-12(18-8-19-20)7-21-11-4-3-9(17)6-10(11)13(14,15)16/h3-4,6,8H,2,5,7,17H2,1H3. The van der Waals surface area contributed by atoms with Gasteiger partial charge in [-0.1, -0.05) is 6.92 Å². The van der Waals surface area contributed by atoms with E-state index in [9.17, 15) is 13.2 Å². The number of halogens is 3. The molecule has 21 heavy (non-hydrogen) atoms. The topological polar surface area (TPSA) is 66.0 Å². The van der Waals surface area contributed by atoms with Gasteiger partial charge in [-0.05, 0) is 24.6 Å². The van der Waals surface area contributed by atoms with Gasteiger partial charge >= 0.3 is 6.18 Å². The van der Waals surface area contributed by atoms with Crippen molar-refractivity contribution in [3.8, 4) is 5.75 Å². The van der Waals surface area contributed by atoms with Gasteiger partial charge < -0.3 is 10.5 Å². The van der Waals surface area contributed by atoms with Gasteiger partial charge in [-0.3, -0.25) is 0 Å². The van der Waals surface area contributed by atoms with Gasteiger partial charge in [-0.15, -0.1) is 0 Å². The lowest BCUT2D eigenvalue weighted by Crippen LogP contribution is -2.12. The first-order valence-corrected chi connectivity index (χ1v) is 6.38. The lowest BCUT2D eigenvalue weighted by molar-refractivity contribution is -0.139. The molecular weight excluding hydrogens is 285 g/mol. The fraction of sp³-hybridized carbons (Fsp3) is 0.385. The smallest absolute Gasteiger partial charge is 0.420 e. The molecule has 1 heterocycles. The van der Waals surface area contributed by atoms with Crippen molar-refractivity contribution < 1.29 is 17.9 Å². The van der Waals surface area contributed by atoms with Gasteiger partial charge in [0, 0.05) is 12.2 Å². The molecule has 0 fully saturated rings. The predicted octanol–water partition coefficient (Wildman–Crippen LogP) is 2.87. The average Bonchev–Trinajstić information content (AvgIpc) is 2.84. The number of benzene rings is 1. The van der Waals surface area contributed by atoms with Crippen molar-refractivity contribution in [2.75, 3.05) is 5.73 Å². The fourth-order valence-corrected chi connectivity index (χ4v) is 1.84. The summed E-state index contributed by atoms with van der Waals surface area (Å²) in [5, 5.41) is 3.99. The molecular formula is C13H15F3N4O. The van der Waals surface area contributed by atoms with E-state index in [2.05, 4.69) is 10.1 Å². The van der Waals surface area contributed by atoms with E-state index in [1.165, 1.54) is 18.5 Å². The van der Waals surface area contributed by atoms with E-state index in [0.717, 1.165) is 12.5 Å². The molecule has 0 spiro atoms. The van der Waals surface area contributed by atoms with E-state index in [0.29, 0.717) is 12.4 Å². The van der Waals surface area contributed by atoms with Gasteiger partial charge in [0.05, 0.1) is 5.56 Å². The van der Waals surface area contributed by atoms with Crippen LogP contribution in [0, 0.1) is 0 Å². The van der Waals surface area contributed by atoms with Crippen LogP contribution < -0.4 is 10.5 Å². The van der Waals surface area contributed by atoms with E-state index >= 15 is 0 Å². The fourth-order valence-electron chi connectivity index (χ4n) is 1.84. The van der Waals surface area contributed by atoms with Gasteiger partial charge in [-0.2, -0.15) is 18.3 Å². The van der Waals surface area contributed by atoms with Crippen LogP contribution in [0.1, 0.15) is 24.7 Å². The first kappa shape index (κ1) is 15.1. The van der Waals surface area contributed by atoms with Crippen LogP contribution in [0.15, 0.2) is 24.5 Å². The van der Waals surface area contributed by atoms with Gasteiger partial charge in [0.25, 0.3) is 0 Å². The second-order valence-corrected chi connectivity index (χ2v) is 4.44. The summed E-state index contributed by atoms with van der Waals surface area (Å²) < 4.78 is 45.6. The van der Waals surface area contributed by atoms with E-state index in [4.69, 9.17) is 10.5 Å². The van der Waals surface area contributed by atoms with Crippen LogP contribution in [0.5, 0.6) is 5.75 Å². The quantitative estimate of drug-likeness (QED) is 0.862. The molecule has 0 radical (unpaired) electrons. The summed E-state index contributed by atoms with van der Waals surface area (Å²) >= 11 is 0. The zero-order valence-corrected chi connectivity index (χ0v) is 11.4. The largest absolute Gasteiger partial charge is 0.485 e. The Balaban J connectivity index is 2.18. The van der Waals surface area contributed by atoms with E-state index in [1.54, 1.807) is 4.68 Å². The number of hydrogen-bond acceptors (Lipinski definition) is 4. The molecule has 2 aromatic rings. The highest BCUT2D eigenvalue weighted by Crippen LogP contribution is 2.37. The highest BCUT2D eigenvalue weighted by molar-refractivity contribution is 5.49. The maximum absolute atomic E-state index is 12.9. The number of nitrogens with two attached hydrogens (primary N) is 1. The molecule has 114 valence electrons. The normalized spacial score (nSPS) is 11.6. The maximum Gasteiger partial charge on any atom is 0.420 e. The summed E-state index contributed by atoms with van der Waals surface area (Å²) in [6, 6.07) is 3.42. The van der Waals surface area contributed by atoms with Crippen molar-refractivity contribution >= 4 is 5.69 Å². The minimum absolute atomic E-state index is 0.0313. The monoisotopic (exact) mass is 300 g/mol. The molecule has 0 bridgehead atoms. The molecule has 5 nitrogen and oxygen atoms in total. The molecule has 0 unspecified atom stereocenters. The molecule has 0 atom stereocenters. The number of rotatable bonds is 5. The third kappa shape index (κ3) is 3.65. The van der Waals surface area contributed by atoms with Crippen LogP contribution >= 0.6 is 0 Å². The molecule has 8 heteroatoms. The molecule has 2 rings (SSSR count). The number of anilines is 1. The van der Waals surface area contributed by atoms with Gasteiger partial charge in [0.2, 0.25) is 0 Å². The van der Waals surface area contributed by atoms with Crippen molar-refractivity contribution in [3.63, 3.8) is 0 Å². The number of hydrogen-bond donors (Lipinski definition) is 1. The number of aryl methyl sites for hydroxylation is 1. The third-order valence-electron chi connectivity index (χ3n) is 2.80. The van der Waals surface area contributed by atoms with E-state index < -0.39 is 11.7 Å². The molecule has 0 aliphatic heterocycles. The van der Waals surface area contributed by atoms with Crippen LogP contribution in [0.2, 0.25) is 0 Å². The summed E-state index contributed by atoms with van der Waals surface area (Å²) in [4.78, 5) is 3.98. The Labute approximate surface area is 119 Å². The van der Waals surface area contributed by atoms with Gasteiger partial charge in [-0.25, -0.2) is 9.67 Å². The highest BCUT2D eigenvalue weighted by atomic mass is 19.4. The maximum atomic E-state index is 12.9. The SMILES string of the molecule is CCCn1ncnc1COc1ccc(N)cc1C(F)(F)F. The molecule has 1 aromatic carbocycles. The van der Waals surface area contributed by atoms with E-state index in [1.807, 2.05) is 6.92 Å². The summed E-state index contributed by atoms with van der Waals surface area (Å²) in [6.07, 6.45) is -2.34. The van der Waals surface area contributed by atoms with Crippen molar-refractivity contribution in [2.24, 2.45) is 0 Å². The first-order valence-electron chi connectivity index (χ1n) is 6.38. The molecule has 0 saturated carbocycles. The minimum atomic E-state index is -4.53. The minimum Gasteiger partial charge on any atom is -0.485 e. The Kier molecular flexibility index (Phi) is 4.35. The van der Waals surface area contributed by atoms with Crippen LogP contribution in [0.25, 0.3) is 0 Å². The summed E-state index contributed by atoms with van der Waals surface area (Å²) in [5.74, 6) is 0.199. The van der Waals surface area contributed by atoms with Gasteiger partial charge in [0.1, 0.15) is 18.7 Å². The lowest BCUT2D eigenvalue weighted by atomic mass is 10.1. The number of nitrogen functional groups attached to an aromatic ring is 1. The van der Waals surface area contributed by atoms with Crippen LogP contribution in [-0.4, -0.2) is 14.8 Å². The molecule has 0 aliphatic rings. The first-order chi connectivity index (χ1) is 9.91. The molecule has 0 saturated heterocycles. The van der Waals surface area contributed by atoms with E-state index in [-0.39, 0.29) is 18.0 Å². The predicted molar refractivity (Wildman–Crippen MR) is 70.5 cm³/mol. The summed E-state index contributed by atoms with van der Waals surface area (Å²) in [5.41, 5.74) is 4.53. The lowest BCUT2D eigenvalue weighted by Gasteiger charge is -2.14. The molecule has 0 aliphatic carbocycles. The Morgan fingerprint density at radius 2 is 2.10 bits per heavy atom. The Morgan fingerprint density at radius 3 is 2.76 bits per heavy atom. The zero-order valence-electron chi connectivity index (χ0n) is 11.4. The second-order valence-electron chi connectivity index (χ2n) is 4.44. The molecule has 1 aromatic heterocycles. The van der Waals surface area contributed by atoms with Crippen molar-refractivity contribution in [2.45, 2.75) is 32.7 Å². The third-order valence-corrected chi connectivity index (χ3v) is 2.80. The average molecular weight is 300 g/mol. The Bertz CT molecular complexity index is 610.